The SMILES string of the molecule is Cc1cc(N)c(N)c(CBr)c1. The summed E-state index contributed by atoms with van der Waals surface area (Å²) in [4.78, 5) is 0. The second kappa shape index (κ2) is 3.13. The van der Waals surface area contributed by atoms with E-state index in [2.05, 4.69) is 15.9 Å². The second-order valence-electron chi connectivity index (χ2n) is 2.56. The quantitative estimate of drug-likeness (QED) is 0.556. The van der Waals surface area contributed by atoms with Crippen LogP contribution in [0.25, 0.3) is 0 Å². The van der Waals surface area contributed by atoms with Gasteiger partial charge in [0.2, 0.25) is 0 Å². The Bertz CT molecular complexity index is 271. The average molecular weight is 215 g/mol. The molecule has 1 aromatic carbocycles. The van der Waals surface area contributed by atoms with Gasteiger partial charge in [-0.2, -0.15) is 0 Å². The number of hydrogen-bond donors (Lipinski definition) is 2. The van der Waals surface area contributed by atoms with E-state index in [1.54, 1.807) is 0 Å². The first kappa shape index (κ1) is 8.40. The summed E-state index contributed by atoms with van der Waals surface area (Å²) in [5, 5.41) is 0.755. The fourth-order valence-corrected chi connectivity index (χ4v) is 1.48. The van der Waals surface area contributed by atoms with Crippen LogP contribution in [0.2, 0.25) is 0 Å². The van der Waals surface area contributed by atoms with Crippen molar-refractivity contribution in [1.29, 1.82) is 0 Å². The molecule has 0 saturated heterocycles. The van der Waals surface area contributed by atoms with Crippen LogP contribution in [0.1, 0.15) is 11.1 Å². The van der Waals surface area contributed by atoms with Gasteiger partial charge in [0.05, 0.1) is 11.4 Å². The minimum absolute atomic E-state index is 0.666. The fourth-order valence-electron chi connectivity index (χ4n) is 1.01. The molecule has 0 amide bonds. The van der Waals surface area contributed by atoms with E-state index in [1.807, 2.05) is 19.1 Å². The Morgan fingerprint density at radius 1 is 1.36 bits per heavy atom. The molecule has 2 nitrogen and oxygen atoms in total. The summed E-state index contributed by atoms with van der Waals surface area (Å²) in [5.41, 5.74) is 14.9. The van der Waals surface area contributed by atoms with E-state index >= 15 is 0 Å². The van der Waals surface area contributed by atoms with Crippen molar-refractivity contribution in [3.05, 3.63) is 23.3 Å². The van der Waals surface area contributed by atoms with Gasteiger partial charge in [0.1, 0.15) is 0 Å². The number of anilines is 2. The molecule has 0 atom stereocenters. The van der Waals surface area contributed by atoms with Crippen LogP contribution >= 0.6 is 15.9 Å². The van der Waals surface area contributed by atoms with Crippen LogP contribution in [0.3, 0.4) is 0 Å². The van der Waals surface area contributed by atoms with E-state index in [4.69, 9.17) is 11.5 Å². The number of rotatable bonds is 1. The van der Waals surface area contributed by atoms with E-state index in [-0.39, 0.29) is 0 Å². The third-order valence-electron chi connectivity index (χ3n) is 1.59. The summed E-state index contributed by atoms with van der Waals surface area (Å²) in [6.45, 7) is 2.00. The van der Waals surface area contributed by atoms with Crippen molar-refractivity contribution in [3.63, 3.8) is 0 Å². The van der Waals surface area contributed by atoms with E-state index < -0.39 is 0 Å². The zero-order chi connectivity index (χ0) is 8.43. The standard InChI is InChI=1S/C8H11BrN2/c1-5-2-6(4-9)8(11)7(10)3-5/h2-3H,4,10-11H2,1H3. The number of nitrogen functional groups attached to an aromatic ring is 2. The molecule has 3 heteroatoms. The number of hydrogen-bond acceptors (Lipinski definition) is 2. The van der Waals surface area contributed by atoms with Gasteiger partial charge in [0.25, 0.3) is 0 Å². The van der Waals surface area contributed by atoms with Crippen molar-refractivity contribution in [3.8, 4) is 0 Å². The Morgan fingerprint density at radius 2 is 2.00 bits per heavy atom. The number of aryl methyl sites for hydroxylation is 1. The first-order valence-corrected chi connectivity index (χ1v) is 4.47. The van der Waals surface area contributed by atoms with E-state index in [9.17, 15) is 0 Å². The molecule has 0 unspecified atom stereocenters. The van der Waals surface area contributed by atoms with Crippen LogP contribution in [0, 0.1) is 6.92 Å². The maximum absolute atomic E-state index is 5.71. The molecule has 0 radical (unpaired) electrons. The molecular weight excluding hydrogens is 204 g/mol. The molecule has 0 aromatic heterocycles. The maximum atomic E-state index is 5.71. The van der Waals surface area contributed by atoms with Crippen LogP contribution in [-0.4, -0.2) is 0 Å². The summed E-state index contributed by atoms with van der Waals surface area (Å²) >= 11 is 3.34. The predicted octanol–water partition coefficient (Wildman–Crippen LogP) is 2.05. The van der Waals surface area contributed by atoms with Crippen molar-refractivity contribution in [2.75, 3.05) is 11.5 Å². The fraction of sp³-hybridized carbons (Fsp3) is 0.250. The Balaban J connectivity index is 3.24. The monoisotopic (exact) mass is 214 g/mol. The molecule has 0 aliphatic carbocycles. The van der Waals surface area contributed by atoms with Crippen LogP contribution in [0.5, 0.6) is 0 Å². The lowest BCUT2D eigenvalue weighted by Crippen LogP contribution is -1.99. The lowest BCUT2D eigenvalue weighted by molar-refractivity contribution is 1.37. The number of benzene rings is 1. The maximum Gasteiger partial charge on any atom is 0.0589 e. The van der Waals surface area contributed by atoms with Gasteiger partial charge in [-0.3, -0.25) is 0 Å². The largest absolute Gasteiger partial charge is 0.397 e. The summed E-state index contributed by atoms with van der Waals surface area (Å²) in [6, 6.07) is 3.90. The first-order valence-electron chi connectivity index (χ1n) is 3.35. The number of nitrogens with two attached hydrogens (primary N) is 2. The lowest BCUT2D eigenvalue weighted by atomic mass is 10.1. The zero-order valence-corrected chi connectivity index (χ0v) is 7.98. The summed E-state index contributed by atoms with van der Waals surface area (Å²) in [7, 11) is 0. The average Bonchev–Trinajstić information content (AvgIpc) is 1.96. The van der Waals surface area contributed by atoms with Crippen LogP contribution in [-0.2, 0) is 5.33 Å². The molecule has 1 aromatic rings. The van der Waals surface area contributed by atoms with Gasteiger partial charge in [0, 0.05) is 5.33 Å². The predicted molar refractivity (Wildman–Crippen MR) is 52.6 cm³/mol. The Morgan fingerprint density at radius 3 is 2.55 bits per heavy atom. The highest BCUT2D eigenvalue weighted by Crippen LogP contribution is 2.23. The van der Waals surface area contributed by atoms with Crippen molar-refractivity contribution in [1.82, 2.24) is 0 Å². The Labute approximate surface area is 74.7 Å². The van der Waals surface area contributed by atoms with Gasteiger partial charge < -0.3 is 11.5 Å². The molecule has 11 heavy (non-hydrogen) atoms. The highest BCUT2D eigenvalue weighted by molar-refractivity contribution is 9.08. The highest BCUT2D eigenvalue weighted by atomic mass is 79.9. The second-order valence-corrected chi connectivity index (χ2v) is 3.12. The van der Waals surface area contributed by atoms with Gasteiger partial charge >= 0.3 is 0 Å². The van der Waals surface area contributed by atoms with Crippen LogP contribution < -0.4 is 11.5 Å². The summed E-state index contributed by atoms with van der Waals surface area (Å²) < 4.78 is 0. The summed E-state index contributed by atoms with van der Waals surface area (Å²) in [6.07, 6.45) is 0. The third kappa shape index (κ3) is 1.66. The van der Waals surface area contributed by atoms with Gasteiger partial charge in [-0.25, -0.2) is 0 Å². The van der Waals surface area contributed by atoms with Crippen LogP contribution in [0.4, 0.5) is 11.4 Å². The molecule has 0 heterocycles. The smallest absolute Gasteiger partial charge is 0.0589 e. The van der Waals surface area contributed by atoms with E-state index in [0.717, 1.165) is 16.5 Å². The molecular formula is C8H11BrN2. The Hall–Kier alpha value is -0.700. The third-order valence-corrected chi connectivity index (χ3v) is 2.19. The molecule has 60 valence electrons. The molecule has 0 aliphatic heterocycles. The molecule has 0 fully saturated rings. The van der Waals surface area contributed by atoms with Gasteiger partial charge in [-0.05, 0) is 24.1 Å². The van der Waals surface area contributed by atoms with Gasteiger partial charge in [0.15, 0.2) is 0 Å². The van der Waals surface area contributed by atoms with E-state index in [1.165, 1.54) is 0 Å². The van der Waals surface area contributed by atoms with Gasteiger partial charge in [-0.15, -0.1) is 0 Å². The molecule has 0 saturated carbocycles. The highest BCUT2D eigenvalue weighted by Gasteiger charge is 2.01. The van der Waals surface area contributed by atoms with Crippen molar-refractivity contribution in [2.24, 2.45) is 0 Å². The molecule has 0 bridgehead atoms. The molecule has 4 N–H and O–H groups in total. The molecule has 0 aliphatic rings. The normalized spacial score (nSPS) is 10.0. The van der Waals surface area contributed by atoms with Gasteiger partial charge in [-0.1, -0.05) is 22.0 Å². The summed E-state index contributed by atoms with van der Waals surface area (Å²) in [5.74, 6) is 0. The van der Waals surface area contributed by atoms with Crippen molar-refractivity contribution >= 4 is 27.3 Å². The van der Waals surface area contributed by atoms with Crippen molar-refractivity contribution in [2.45, 2.75) is 12.3 Å². The van der Waals surface area contributed by atoms with Crippen molar-refractivity contribution < 1.29 is 0 Å². The molecule has 1 rings (SSSR count). The lowest BCUT2D eigenvalue weighted by Gasteiger charge is -2.06. The zero-order valence-electron chi connectivity index (χ0n) is 6.39. The number of halogens is 1. The topological polar surface area (TPSA) is 52.0 Å². The van der Waals surface area contributed by atoms with Crippen LogP contribution in [0.15, 0.2) is 12.1 Å². The van der Waals surface area contributed by atoms with E-state index in [0.29, 0.717) is 11.4 Å². The number of alkyl halides is 1. The molecule has 0 spiro atoms. The minimum Gasteiger partial charge on any atom is -0.397 e. The minimum atomic E-state index is 0.666. The first-order chi connectivity index (χ1) is 5.15. The Kier molecular flexibility index (Phi) is 2.39.